The van der Waals surface area contributed by atoms with Crippen LogP contribution in [-0.2, 0) is 14.8 Å². The molecule has 0 aromatic heterocycles. The van der Waals surface area contributed by atoms with Crippen LogP contribution in [-0.4, -0.2) is 81.9 Å². The molecule has 1 aromatic carbocycles. The molecule has 1 heterocycles. The van der Waals surface area contributed by atoms with Crippen molar-refractivity contribution in [2.45, 2.75) is 55.9 Å². The SMILES string of the molecule is COc1ccc(S(=O)(=O)N2CCCC(C(=O)N(C)CCN(C)C3CCCCC3)C2)cc1. The summed E-state index contributed by atoms with van der Waals surface area (Å²) in [6.45, 7) is 2.23. The second-order valence-corrected chi connectivity index (χ2v) is 10.8. The molecule has 1 saturated carbocycles. The lowest BCUT2D eigenvalue weighted by atomic mass is 9.94. The Morgan fingerprint density at radius 1 is 1.03 bits per heavy atom. The zero-order chi connectivity index (χ0) is 22.4. The summed E-state index contributed by atoms with van der Waals surface area (Å²) in [5.41, 5.74) is 0. The minimum absolute atomic E-state index is 0.0478. The summed E-state index contributed by atoms with van der Waals surface area (Å²) in [6, 6.07) is 7.04. The van der Waals surface area contributed by atoms with Gasteiger partial charge < -0.3 is 14.5 Å². The molecular formula is C23H37N3O4S. The molecule has 1 amide bonds. The van der Waals surface area contributed by atoms with Gasteiger partial charge in [-0.05, 0) is 57.0 Å². The number of carbonyl (C=O) groups is 1. The van der Waals surface area contributed by atoms with Crippen molar-refractivity contribution in [1.82, 2.24) is 14.1 Å². The largest absolute Gasteiger partial charge is 0.497 e. The third-order valence-electron chi connectivity index (χ3n) is 6.79. The highest BCUT2D eigenvalue weighted by molar-refractivity contribution is 7.89. The molecule has 1 unspecified atom stereocenters. The Morgan fingerprint density at radius 3 is 2.35 bits per heavy atom. The minimum atomic E-state index is -3.62. The zero-order valence-corrected chi connectivity index (χ0v) is 19.9. The summed E-state index contributed by atoms with van der Waals surface area (Å²) < 4.78 is 32.7. The molecule has 1 aliphatic heterocycles. The molecule has 2 fully saturated rings. The van der Waals surface area contributed by atoms with Crippen LogP contribution in [0.1, 0.15) is 44.9 Å². The molecule has 0 radical (unpaired) electrons. The molecule has 1 atom stereocenters. The zero-order valence-electron chi connectivity index (χ0n) is 19.1. The molecule has 0 bridgehead atoms. The number of carbonyl (C=O) groups excluding carboxylic acids is 1. The highest BCUT2D eigenvalue weighted by atomic mass is 32.2. The number of hydrogen-bond donors (Lipinski definition) is 0. The third-order valence-corrected chi connectivity index (χ3v) is 8.67. The second kappa shape index (κ2) is 10.8. The van der Waals surface area contributed by atoms with Gasteiger partial charge in [-0.3, -0.25) is 4.79 Å². The lowest BCUT2D eigenvalue weighted by molar-refractivity contribution is -0.135. The molecule has 1 aromatic rings. The quantitative estimate of drug-likeness (QED) is 0.608. The van der Waals surface area contributed by atoms with E-state index in [4.69, 9.17) is 4.74 Å². The van der Waals surface area contributed by atoms with Crippen LogP contribution >= 0.6 is 0 Å². The Morgan fingerprint density at radius 2 is 1.71 bits per heavy atom. The van der Waals surface area contributed by atoms with Crippen molar-refractivity contribution in [3.63, 3.8) is 0 Å². The Bertz CT molecular complexity index is 822. The van der Waals surface area contributed by atoms with E-state index in [2.05, 4.69) is 11.9 Å². The van der Waals surface area contributed by atoms with Gasteiger partial charge in [0.25, 0.3) is 0 Å². The van der Waals surface area contributed by atoms with E-state index < -0.39 is 10.0 Å². The highest BCUT2D eigenvalue weighted by Crippen LogP contribution is 2.26. The number of methoxy groups -OCH3 is 1. The number of amides is 1. The van der Waals surface area contributed by atoms with Gasteiger partial charge in [0.15, 0.2) is 0 Å². The van der Waals surface area contributed by atoms with Crippen LogP contribution in [0, 0.1) is 5.92 Å². The predicted octanol–water partition coefficient (Wildman–Crippen LogP) is 2.82. The fourth-order valence-electron chi connectivity index (χ4n) is 4.69. The lowest BCUT2D eigenvalue weighted by Crippen LogP contribution is -2.47. The maximum Gasteiger partial charge on any atom is 0.243 e. The number of hydrogen-bond acceptors (Lipinski definition) is 5. The molecule has 1 aliphatic carbocycles. The van der Waals surface area contributed by atoms with Gasteiger partial charge in [0.1, 0.15) is 5.75 Å². The van der Waals surface area contributed by atoms with E-state index in [0.29, 0.717) is 31.3 Å². The van der Waals surface area contributed by atoms with Gasteiger partial charge in [-0.25, -0.2) is 8.42 Å². The van der Waals surface area contributed by atoms with Crippen LogP contribution < -0.4 is 4.74 Å². The monoisotopic (exact) mass is 451 g/mol. The van der Waals surface area contributed by atoms with Crippen molar-refractivity contribution in [3.05, 3.63) is 24.3 Å². The van der Waals surface area contributed by atoms with Crippen molar-refractivity contribution in [1.29, 1.82) is 0 Å². The fraction of sp³-hybridized carbons (Fsp3) is 0.696. The number of rotatable bonds is 8. The highest BCUT2D eigenvalue weighted by Gasteiger charge is 2.34. The fourth-order valence-corrected chi connectivity index (χ4v) is 6.22. The molecule has 0 N–H and O–H groups in total. The van der Waals surface area contributed by atoms with E-state index >= 15 is 0 Å². The first-order valence-electron chi connectivity index (χ1n) is 11.4. The number of likely N-dealkylation sites (N-methyl/N-ethyl adjacent to an activating group) is 2. The van der Waals surface area contributed by atoms with Crippen LogP contribution in [0.4, 0.5) is 0 Å². The topological polar surface area (TPSA) is 70.2 Å². The van der Waals surface area contributed by atoms with Gasteiger partial charge in [-0.2, -0.15) is 4.31 Å². The van der Waals surface area contributed by atoms with Gasteiger partial charge in [0.2, 0.25) is 15.9 Å². The number of nitrogens with zero attached hydrogens (tertiary/aromatic N) is 3. The summed E-state index contributed by atoms with van der Waals surface area (Å²) in [6.07, 6.45) is 7.84. The molecule has 174 valence electrons. The van der Waals surface area contributed by atoms with E-state index in [0.717, 1.165) is 13.0 Å². The molecule has 2 aliphatic rings. The summed E-state index contributed by atoms with van der Waals surface area (Å²) in [5.74, 6) is 0.379. The normalized spacial score (nSPS) is 21.2. The molecular weight excluding hydrogens is 414 g/mol. The molecule has 7 nitrogen and oxygen atoms in total. The summed E-state index contributed by atoms with van der Waals surface area (Å²) >= 11 is 0. The van der Waals surface area contributed by atoms with E-state index in [9.17, 15) is 13.2 Å². The van der Waals surface area contributed by atoms with E-state index in [1.54, 1.807) is 36.3 Å². The van der Waals surface area contributed by atoms with E-state index in [1.807, 2.05) is 7.05 Å². The number of benzene rings is 1. The minimum Gasteiger partial charge on any atom is -0.497 e. The number of piperidine rings is 1. The van der Waals surface area contributed by atoms with Crippen LogP contribution in [0.25, 0.3) is 0 Å². The summed E-state index contributed by atoms with van der Waals surface area (Å²) in [4.78, 5) is 17.5. The second-order valence-electron chi connectivity index (χ2n) is 8.91. The van der Waals surface area contributed by atoms with Gasteiger partial charge >= 0.3 is 0 Å². The number of ether oxygens (including phenoxy) is 1. The first kappa shape index (κ1) is 24.0. The van der Waals surface area contributed by atoms with Crippen molar-refractivity contribution >= 4 is 15.9 Å². The Hall–Kier alpha value is -1.64. The summed E-state index contributed by atoms with van der Waals surface area (Å²) in [7, 11) is 1.92. The average Bonchev–Trinajstić information content (AvgIpc) is 2.82. The first-order chi connectivity index (χ1) is 14.8. The van der Waals surface area contributed by atoms with Gasteiger partial charge in [0, 0.05) is 39.3 Å². The van der Waals surface area contributed by atoms with Crippen LogP contribution in [0.3, 0.4) is 0 Å². The van der Waals surface area contributed by atoms with Gasteiger partial charge in [-0.1, -0.05) is 19.3 Å². The van der Waals surface area contributed by atoms with Crippen molar-refractivity contribution < 1.29 is 17.9 Å². The predicted molar refractivity (Wildman–Crippen MR) is 122 cm³/mol. The van der Waals surface area contributed by atoms with Crippen LogP contribution in [0.2, 0.25) is 0 Å². The lowest BCUT2D eigenvalue weighted by Gasteiger charge is -2.35. The van der Waals surface area contributed by atoms with Crippen molar-refractivity contribution in [2.75, 3.05) is 47.4 Å². The van der Waals surface area contributed by atoms with Crippen molar-refractivity contribution in [3.8, 4) is 5.75 Å². The van der Waals surface area contributed by atoms with Crippen LogP contribution in [0.5, 0.6) is 5.75 Å². The van der Waals surface area contributed by atoms with Gasteiger partial charge in [-0.15, -0.1) is 0 Å². The molecule has 8 heteroatoms. The molecule has 1 saturated heterocycles. The Balaban J connectivity index is 1.56. The maximum atomic E-state index is 13.1. The summed E-state index contributed by atoms with van der Waals surface area (Å²) in [5, 5.41) is 0. The van der Waals surface area contributed by atoms with E-state index in [1.165, 1.54) is 36.4 Å². The van der Waals surface area contributed by atoms with Crippen molar-refractivity contribution in [2.24, 2.45) is 5.92 Å². The first-order valence-corrected chi connectivity index (χ1v) is 12.9. The standard InChI is InChI=1S/C23H37N3O4S/c1-24(20-9-5-4-6-10-20)16-17-25(2)23(27)19-8-7-15-26(18-19)31(28,29)22-13-11-21(30-3)12-14-22/h11-14,19-20H,4-10,15-18H2,1-3H3. The smallest absolute Gasteiger partial charge is 0.243 e. The Kier molecular flexibility index (Phi) is 8.36. The van der Waals surface area contributed by atoms with E-state index in [-0.39, 0.29) is 23.3 Å². The molecule has 31 heavy (non-hydrogen) atoms. The molecule has 3 rings (SSSR count). The van der Waals surface area contributed by atoms with Crippen LogP contribution in [0.15, 0.2) is 29.2 Å². The maximum absolute atomic E-state index is 13.1. The molecule has 0 spiro atoms. The van der Waals surface area contributed by atoms with Gasteiger partial charge in [0.05, 0.1) is 17.9 Å². The third kappa shape index (κ3) is 5.99. The number of sulfonamides is 1. The Labute approximate surface area is 187 Å². The average molecular weight is 452 g/mol.